The molecule has 10 nitrogen and oxygen atoms in total. The topological polar surface area (TPSA) is 148 Å². The largest absolute Gasteiger partial charge is 0.387 e. The first kappa shape index (κ1) is 17.1. The van der Waals surface area contributed by atoms with E-state index in [1.807, 2.05) is 0 Å². The number of aromatic nitrogens is 2. The molecule has 23 heavy (non-hydrogen) atoms. The summed E-state index contributed by atoms with van der Waals surface area (Å²) in [7, 11) is 0. The highest BCUT2D eigenvalue weighted by atomic mass is 19.1. The number of H-pyrrole nitrogens is 1. The van der Waals surface area contributed by atoms with Crippen LogP contribution in [0.25, 0.3) is 0 Å². The van der Waals surface area contributed by atoms with Gasteiger partial charge in [0.2, 0.25) is 5.82 Å². The number of rotatable bonds is 6. The molecule has 0 radical (unpaired) electrons. The van der Waals surface area contributed by atoms with Gasteiger partial charge in [0.15, 0.2) is 12.5 Å². The minimum Gasteiger partial charge on any atom is -0.387 e. The van der Waals surface area contributed by atoms with Crippen LogP contribution in [0.1, 0.15) is 16.7 Å². The molecule has 1 saturated heterocycles. The molecule has 4 atom stereocenters. The average Bonchev–Trinajstić information content (AvgIpc) is 2.79. The first-order chi connectivity index (χ1) is 10.9. The SMILES string of the molecule is O=CCOC[C@@H]1O[C@H](n2c(C=O)c(F)c(=O)[nH]c2=O)C(O)C1O. The summed E-state index contributed by atoms with van der Waals surface area (Å²) < 4.78 is 24.1. The average molecular weight is 332 g/mol. The molecular formula is C12H13FN2O8. The summed E-state index contributed by atoms with van der Waals surface area (Å²) in [5.74, 6) is -1.52. The Morgan fingerprint density at radius 3 is 2.61 bits per heavy atom. The van der Waals surface area contributed by atoms with Crippen LogP contribution in [0.5, 0.6) is 0 Å². The Morgan fingerprint density at radius 2 is 2.00 bits per heavy atom. The smallest absolute Gasteiger partial charge is 0.331 e. The number of halogens is 1. The summed E-state index contributed by atoms with van der Waals surface area (Å²) in [4.78, 5) is 45.7. The summed E-state index contributed by atoms with van der Waals surface area (Å²) in [6, 6.07) is 0. The van der Waals surface area contributed by atoms with Crippen molar-refractivity contribution < 1.29 is 33.7 Å². The van der Waals surface area contributed by atoms with Crippen molar-refractivity contribution in [1.82, 2.24) is 9.55 Å². The van der Waals surface area contributed by atoms with E-state index in [0.29, 0.717) is 10.9 Å². The van der Waals surface area contributed by atoms with Crippen molar-refractivity contribution in [2.75, 3.05) is 13.2 Å². The van der Waals surface area contributed by atoms with Crippen LogP contribution in [0.3, 0.4) is 0 Å². The van der Waals surface area contributed by atoms with Gasteiger partial charge in [-0.1, -0.05) is 0 Å². The molecule has 2 unspecified atom stereocenters. The number of nitrogens with zero attached hydrogens (tertiary/aromatic N) is 1. The van der Waals surface area contributed by atoms with Crippen molar-refractivity contribution >= 4 is 12.6 Å². The van der Waals surface area contributed by atoms with Gasteiger partial charge in [0, 0.05) is 0 Å². The van der Waals surface area contributed by atoms with E-state index in [2.05, 4.69) is 0 Å². The molecule has 0 bridgehead atoms. The Morgan fingerprint density at radius 1 is 1.30 bits per heavy atom. The second kappa shape index (κ2) is 6.91. The Hall–Kier alpha value is -2.21. The number of nitrogens with one attached hydrogen (secondary N) is 1. The highest BCUT2D eigenvalue weighted by Crippen LogP contribution is 2.29. The molecule has 2 rings (SSSR count). The highest BCUT2D eigenvalue weighted by molar-refractivity contribution is 5.72. The van der Waals surface area contributed by atoms with E-state index >= 15 is 0 Å². The van der Waals surface area contributed by atoms with Crippen LogP contribution >= 0.6 is 0 Å². The molecule has 0 aliphatic carbocycles. The summed E-state index contributed by atoms with van der Waals surface area (Å²) >= 11 is 0. The minimum atomic E-state index is -1.69. The molecule has 0 amide bonds. The molecule has 0 spiro atoms. The third-order valence-electron chi connectivity index (χ3n) is 3.29. The summed E-state index contributed by atoms with van der Waals surface area (Å²) in [5.41, 5.74) is -3.51. The molecule has 11 heteroatoms. The molecule has 126 valence electrons. The number of hydrogen-bond donors (Lipinski definition) is 3. The lowest BCUT2D eigenvalue weighted by atomic mass is 10.1. The van der Waals surface area contributed by atoms with Crippen LogP contribution in [-0.2, 0) is 14.3 Å². The predicted molar refractivity (Wildman–Crippen MR) is 69.5 cm³/mol. The molecule has 0 aromatic carbocycles. The summed E-state index contributed by atoms with van der Waals surface area (Å²) in [6.45, 7) is -0.565. The monoisotopic (exact) mass is 332 g/mol. The zero-order chi connectivity index (χ0) is 17.1. The zero-order valence-electron chi connectivity index (χ0n) is 11.5. The number of aldehydes is 2. The number of carbonyl (C=O) groups is 2. The fourth-order valence-electron chi connectivity index (χ4n) is 2.22. The van der Waals surface area contributed by atoms with Crippen molar-refractivity contribution in [2.45, 2.75) is 24.5 Å². The Balaban J connectivity index is 2.37. The van der Waals surface area contributed by atoms with Crippen molar-refractivity contribution in [3.05, 3.63) is 32.3 Å². The molecule has 1 aliphatic heterocycles. The zero-order valence-corrected chi connectivity index (χ0v) is 11.5. The maximum absolute atomic E-state index is 13.7. The number of hydrogen-bond acceptors (Lipinski definition) is 8. The molecule has 0 saturated carbocycles. The van der Waals surface area contributed by atoms with Crippen molar-refractivity contribution in [2.24, 2.45) is 0 Å². The van der Waals surface area contributed by atoms with Gasteiger partial charge >= 0.3 is 5.69 Å². The fraction of sp³-hybridized carbons (Fsp3) is 0.500. The van der Waals surface area contributed by atoms with Crippen LogP contribution < -0.4 is 11.2 Å². The van der Waals surface area contributed by atoms with E-state index in [-0.39, 0.29) is 19.5 Å². The van der Waals surface area contributed by atoms with Crippen molar-refractivity contribution in [3.63, 3.8) is 0 Å². The van der Waals surface area contributed by atoms with Crippen LogP contribution in [0, 0.1) is 5.82 Å². The van der Waals surface area contributed by atoms with Gasteiger partial charge in [0.05, 0.1) is 6.61 Å². The lowest BCUT2D eigenvalue weighted by molar-refractivity contribution is -0.115. The number of carbonyl (C=O) groups excluding carboxylic acids is 2. The van der Waals surface area contributed by atoms with E-state index in [0.717, 1.165) is 0 Å². The Labute approximate surface area is 127 Å². The molecule has 2 heterocycles. The Kier molecular flexibility index (Phi) is 5.15. The maximum atomic E-state index is 13.7. The van der Waals surface area contributed by atoms with Crippen LogP contribution in [0.4, 0.5) is 4.39 Å². The van der Waals surface area contributed by atoms with E-state index in [1.54, 1.807) is 4.98 Å². The second-order valence-corrected chi connectivity index (χ2v) is 4.70. The van der Waals surface area contributed by atoms with Gasteiger partial charge in [-0.2, -0.15) is 4.39 Å². The molecule has 1 aromatic rings. The normalized spacial score (nSPS) is 27.1. The van der Waals surface area contributed by atoms with Gasteiger partial charge in [-0.15, -0.1) is 0 Å². The highest BCUT2D eigenvalue weighted by Gasteiger charge is 2.45. The predicted octanol–water partition coefficient (Wildman–Crippen LogP) is -2.68. The van der Waals surface area contributed by atoms with E-state index in [9.17, 15) is 33.8 Å². The third-order valence-corrected chi connectivity index (χ3v) is 3.29. The van der Waals surface area contributed by atoms with E-state index in [1.165, 1.54) is 0 Å². The van der Waals surface area contributed by atoms with Crippen LogP contribution in [0.2, 0.25) is 0 Å². The number of aliphatic hydroxyl groups is 2. The second-order valence-electron chi connectivity index (χ2n) is 4.70. The number of aromatic amines is 1. The van der Waals surface area contributed by atoms with E-state index in [4.69, 9.17) is 9.47 Å². The van der Waals surface area contributed by atoms with E-state index < -0.39 is 47.3 Å². The Bertz CT molecular complexity index is 714. The van der Waals surface area contributed by atoms with Gasteiger partial charge in [-0.25, -0.2) is 4.79 Å². The van der Waals surface area contributed by atoms with Crippen LogP contribution in [0.15, 0.2) is 9.59 Å². The number of ether oxygens (including phenoxy) is 2. The van der Waals surface area contributed by atoms with Crippen LogP contribution in [-0.4, -0.2) is 63.9 Å². The summed E-state index contributed by atoms with van der Waals surface area (Å²) in [6.07, 6.45) is -5.58. The lowest BCUT2D eigenvalue weighted by Crippen LogP contribution is -2.41. The van der Waals surface area contributed by atoms with Gasteiger partial charge < -0.3 is 24.5 Å². The van der Waals surface area contributed by atoms with Crippen molar-refractivity contribution in [1.29, 1.82) is 0 Å². The molecule has 1 fully saturated rings. The van der Waals surface area contributed by atoms with Gasteiger partial charge in [0.25, 0.3) is 5.56 Å². The quantitative estimate of drug-likeness (QED) is 0.377. The molecule has 1 aliphatic rings. The first-order valence-corrected chi connectivity index (χ1v) is 6.44. The molecule has 3 N–H and O–H groups in total. The number of aliphatic hydroxyl groups excluding tert-OH is 2. The molecular weight excluding hydrogens is 319 g/mol. The van der Waals surface area contributed by atoms with Gasteiger partial charge in [-0.05, 0) is 0 Å². The third kappa shape index (κ3) is 3.12. The van der Waals surface area contributed by atoms with Gasteiger partial charge in [-0.3, -0.25) is 19.1 Å². The standard InChI is InChI=1S/C12H13FN2O8/c13-7-5(3-17)15(12(21)14-10(7)20)11-9(19)8(18)6(23-11)4-22-2-1-16/h1,3,6,8-9,11,18-19H,2,4H2,(H,14,20,21)/t6-,8?,9?,11-/m0/s1. The van der Waals surface area contributed by atoms with Gasteiger partial charge in [0.1, 0.15) is 36.9 Å². The van der Waals surface area contributed by atoms with Crippen molar-refractivity contribution in [3.8, 4) is 0 Å². The molecule has 1 aromatic heterocycles. The fourth-order valence-corrected chi connectivity index (χ4v) is 2.22. The lowest BCUT2D eigenvalue weighted by Gasteiger charge is -2.19. The maximum Gasteiger partial charge on any atom is 0.331 e. The first-order valence-electron chi connectivity index (χ1n) is 6.44. The summed E-state index contributed by atoms with van der Waals surface area (Å²) in [5, 5.41) is 19.8. The minimum absolute atomic E-state index is 0.0787.